The van der Waals surface area contributed by atoms with Crippen molar-refractivity contribution in [3.63, 3.8) is 0 Å². The molecule has 1 aromatic carbocycles. The number of aromatic nitrogens is 1. The molecule has 2 rings (SSSR count). The number of halogens is 1. The predicted octanol–water partition coefficient (Wildman–Crippen LogP) is 3.17. The average Bonchev–Trinajstić information content (AvgIpc) is 2.72. The number of nitrogens with one attached hydrogen (secondary N) is 2. The third-order valence-corrected chi connectivity index (χ3v) is 3.94. The van der Waals surface area contributed by atoms with E-state index in [4.69, 9.17) is 14.2 Å². The largest absolute Gasteiger partial charge is 0.493 e. The molecule has 0 spiro atoms. The van der Waals surface area contributed by atoms with Gasteiger partial charge in [-0.15, -0.1) is 24.0 Å². The molecular weight excluding hydrogens is 483 g/mol. The molecule has 7 nitrogen and oxygen atoms in total. The van der Waals surface area contributed by atoms with E-state index in [9.17, 15) is 0 Å². The molecule has 1 aromatic heterocycles. The van der Waals surface area contributed by atoms with Crippen LogP contribution in [0.5, 0.6) is 11.5 Å². The molecule has 0 fully saturated rings. The highest BCUT2D eigenvalue weighted by Gasteiger charge is 2.06. The Morgan fingerprint density at radius 2 is 1.97 bits per heavy atom. The molecule has 0 aliphatic heterocycles. The number of ether oxygens (including phenoxy) is 3. The number of aryl methyl sites for hydroxylation is 1. The van der Waals surface area contributed by atoms with Crippen LogP contribution in [0, 0.1) is 6.92 Å². The van der Waals surface area contributed by atoms with Crippen LogP contribution >= 0.6 is 24.0 Å². The van der Waals surface area contributed by atoms with E-state index in [0.717, 1.165) is 23.5 Å². The van der Waals surface area contributed by atoms with Gasteiger partial charge in [0.05, 0.1) is 19.3 Å². The van der Waals surface area contributed by atoms with Crippen molar-refractivity contribution in [3.8, 4) is 11.5 Å². The maximum Gasteiger partial charge on any atom is 0.191 e. The van der Waals surface area contributed by atoms with E-state index in [1.165, 1.54) is 5.56 Å². The molecule has 0 saturated heterocycles. The molecule has 0 aliphatic rings. The summed E-state index contributed by atoms with van der Waals surface area (Å²) in [5.41, 5.74) is 2.25. The minimum Gasteiger partial charge on any atom is -0.493 e. The van der Waals surface area contributed by atoms with Crippen molar-refractivity contribution in [3.05, 3.63) is 53.9 Å². The maximum absolute atomic E-state index is 5.93. The lowest BCUT2D eigenvalue weighted by Gasteiger charge is -2.15. The number of hydrogen-bond acceptors (Lipinski definition) is 5. The molecule has 29 heavy (non-hydrogen) atoms. The monoisotopic (exact) mass is 514 g/mol. The molecule has 0 bridgehead atoms. The van der Waals surface area contributed by atoms with Crippen LogP contribution in [0.4, 0.5) is 0 Å². The highest BCUT2D eigenvalue weighted by Crippen LogP contribution is 2.20. The van der Waals surface area contributed by atoms with Crippen molar-refractivity contribution in [1.82, 2.24) is 15.6 Å². The molecule has 0 amide bonds. The van der Waals surface area contributed by atoms with Gasteiger partial charge in [-0.3, -0.25) is 9.98 Å². The molecule has 160 valence electrons. The topological polar surface area (TPSA) is 77.0 Å². The maximum atomic E-state index is 5.93. The highest BCUT2D eigenvalue weighted by molar-refractivity contribution is 14.0. The van der Waals surface area contributed by atoms with Crippen molar-refractivity contribution in [2.75, 3.05) is 40.5 Å². The number of nitrogens with zero attached hydrogens (tertiary/aromatic N) is 2. The van der Waals surface area contributed by atoms with E-state index >= 15 is 0 Å². The van der Waals surface area contributed by atoms with Gasteiger partial charge in [0, 0.05) is 45.5 Å². The highest BCUT2D eigenvalue weighted by atomic mass is 127. The Balaban J connectivity index is 0.00000420. The number of methoxy groups -OCH3 is 1. The first kappa shape index (κ1) is 25.0. The van der Waals surface area contributed by atoms with Crippen LogP contribution in [0.3, 0.4) is 0 Å². The van der Waals surface area contributed by atoms with Crippen LogP contribution in [-0.2, 0) is 11.3 Å². The minimum atomic E-state index is 0. The zero-order chi connectivity index (χ0) is 20.0. The molecular formula is C21H31IN4O3. The summed E-state index contributed by atoms with van der Waals surface area (Å²) in [5, 5.41) is 6.55. The molecule has 2 N–H and O–H groups in total. The van der Waals surface area contributed by atoms with E-state index < -0.39 is 0 Å². The van der Waals surface area contributed by atoms with Crippen LogP contribution in [0.1, 0.15) is 17.5 Å². The fourth-order valence-electron chi connectivity index (χ4n) is 2.50. The Kier molecular flexibility index (Phi) is 12.8. The normalized spacial score (nSPS) is 10.8. The zero-order valence-corrected chi connectivity index (χ0v) is 19.6. The van der Waals surface area contributed by atoms with Crippen LogP contribution in [0.15, 0.2) is 47.7 Å². The SMILES string of the molecule is CN=C(NCCOc1cccnc1)NCc1ccc(C)cc1OCCCOC.I. The number of rotatable bonds is 11. The summed E-state index contributed by atoms with van der Waals surface area (Å²) < 4.78 is 16.6. The summed E-state index contributed by atoms with van der Waals surface area (Å²) in [6.45, 7) is 5.14. The van der Waals surface area contributed by atoms with Crippen LogP contribution in [0.25, 0.3) is 0 Å². The van der Waals surface area contributed by atoms with Crippen molar-refractivity contribution in [1.29, 1.82) is 0 Å². The second-order valence-electron chi connectivity index (χ2n) is 6.20. The van der Waals surface area contributed by atoms with Gasteiger partial charge < -0.3 is 24.8 Å². The third kappa shape index (κ3) is 9.80. The third-order valence-electron chi connectivity index (χ3n) is 3.94. The number of aliphatic imine (C=N–C) groups is 1. The number of guanidine groups is 1. The van der Waals surface area contributed by atoms with Gasteiger partial charge in [0.15, 0.2) is 5.96 Å². The summed E-state index contributed by atoms with van der Waals surface area (Å²) in [6, 6.07) is 9.94. The van der Waals surface area contributed by atoms with Gasteiger partial charge in [-0.1, -0.05) is 12.1 Å². The number of hydrogen-bond donors (Lipinski definition) is 2. The van der Waals surface area contributed by atoms with E-state index in [2.05, 4.69) is 45.7 Å². The second-order valence-corrected chi connectivity index (χ2v) is 6.20. The van der Waals surface area contributed by atoms with Crippen molar-refractivity contribution in [2.24, 2.45) is 4.99 Å². The van der Waals surface area contributed by atoms with Crippen LogP contribution in [-0.4, -0.2) is 51.5 Å². The molecule has 8 heteroatoms. The van der Waals surface area contributed by atoms with E-state index in [0.29, 0.717) is 38.9 Å². The van der Waals surface area contributed by atoms with E-state index in [1.54, 1.807) is 26.6 Å². The van der Waals surface area contributed by atoms with Crippen molar-refractivity contribution in [2.45, 2.75) is 19.9 Å². The van der Waals surface area contributed by atoms with E-state index in [-0.39, 0.29) is 24.0 Å². The van der Waals surface area contributed by atoms with Gasteiger partial charge in [0.1, 0.15) is 18.1 Å². The van der Waals surface area contributed by atoms with Crippen LogP contribution in [0.2, 0.25) is 0 Å². The standard InChI is InChI=1S/C21H30N4O3.HI/c1-17-7-8-18(20(14-17)28-12-5-11-26-3)15-25-21(22-2)24-10-13-27-19-6-4-9-23-16-19;/h4,6-9,14,16H,5,10-13,15H2,1-3H3,(H2,22,24,25);1H. The first-order valence-corrected chi connectivity index (χ1v) is 9.41. The molecule has 2 aromatic rings. The summed E-state index contributed by atoms with van der Waals surface area (Å²) in [6.07, 6.45) is 4.27. The van der Waals surface area contributed by atoms with Crippen molar-refractivity contribution < 1.29 is 14.2 Å². The Morgan fingerprint density at radius 1 is 1.10 bits per heavy atom. The van der Waals surface area contributed by atoms with Gasteiger partial charge >= 0.3 is 0 Å². The quantitative estimate of drug-likeness (QED) is 0.208. The fourth-order valence-corrected chi connectivity index (χ4v) is 2.50. The first-order valence-electron chi connectivity index (χ1n) is 9.41. The first-order chi connectivity index (χ1) is 13.7. The fraction of sp³-hybridized carbons (Fsp3) is 0.429. The molecule has 0 saturated carbocycles. The van der Waals surface area contributed by atoms with Crippen LogP contribution < -0.4 is 20.1 Å². The Morgan fingerprint density at radius 3 is 2.69 bits per heavy atom. The number of pyridine rings is 1. The lowest BCUT2D eigenvalue weighted by atomic mass is 10.1. The molecule has 0 radical (unpaired) electrons. The van der Waals surface area contributed by atoms with Gasteiger partial charge in [-0.2, -0.15) is 0 Å². The molecule has 0 atom stereocenters. The predicted molar refractivity (Wildman–Crippen MR) is 127 cm³/mol. The lowest BCUT2D eigenvalue weighted by molar-refractivity contribution is 0.171. The molecule has 0 unspecified atom stereocenters. The summed E-state index contributed by atoms with van der Waals surface area (Å²) in [5.74, 6) is 2.35. The Hall–Kier alpha value is -2.07. The molecule has 1 heterocycles. The summed E-state index contributed by atoms with van der Waals surface area (Å²) in [7, 11) is 3.44. The van der Waals surface area contributed by atoms with E-state index in [1.807, 2.05) is 12.1 Å². The number of benzene rings is 1. The summed E-state index contributed by atoms with van der Waals surface area (Å²) >= 11 is 0. The Labute approximate surface area is 190 Å². The minimum absolute atomic E-state index is 0. The Bertz CT molecular complexity index is 729. The smallest absolute Gasteiger partial charge is 0.191 e. The van der Waals surface area contributed by atoms with Gasteiger partial charge in [0.2, 0.25) is 0 Å². The average molecular weight is 514 g/mol. The second kappa shape index (κ2) is 14.9. The van der Waals surface area contributed by atoms with Gasteiger partial charge in [-0.25, -0.2) is 0 Å². The van der Waals surface area contributed by atoms with Gasteiger partial charge in [-0.05, 0) is 30.7 Å². The van der Waals surface area contributed by atoms with Gasteiger partial charge in [0.25, 0.3) is 0 Å². The summed E-state index contributed by atoms with van der Waals surface area (Å²) in [4.78, 5) is 8.27. The van der Waals surface area contributed by atoms with Crippen molar-refractivity contribution >= 4 is 29.9 Å². The zero-order valence-electron chi connectivity index (χ0n) is 17.3. The molecule has 0 aliphatic carbocycles. The lowest BCUT2D eigenvalue weighted by Crippen LogP contribution is -2.39.